The molecular formula is C15H13FN2OS. The fourth-order valence-electron chi connectivity index (χ4n) is 1.62. The van der Waals surface area contributed by atoms with E-state index >= 15 is 0 Å². The molecule has 0 saturated heterocycles. The highest BCUT2D eigenvalue weighted by molar-refractivity contribution is 7.14. The van der Waals surface area contributed by atoms with E-state index in [1.165, 1.54) is 29.5 Å². The summed E-state index contributed by atoms with van der Waals surface area (Å²) in [6, 6.07) is 7.68. The summed E-state index contributed by atoms with van der Waals surface area (Å²) < 4.78 is 13.2. The van der Waals surface area contributed by atoms with E-state index < -0.39 is 5.82 Å². The minimum atomic E-state index is -0.406. The van der Waals surface area contributed by atoms with E-state index in [9.17, 15) is 9.18 Å². The minimum Gasteiger partial charge on any atom is -0.320 e. The number of benzene rings is 1. The normalized spacial score (nSPS) is 9.75. The molecule has 0 radical (unpaired) electrons. The highest BCUT2D eigenvalue weighted by Gasteiger charge is 2.10. The van der Waals surface area contributed by atoms with Crippen LogP contribution in [-0.4, -0.2) is 12.5 Å². The number of carbonyl (C=O) groups excluding carboxylic acids is 1. The predicted molar refractivity (Wildman–Crippen MR) is 79.3 cm³/mol. The molecule has 0 spiro atoms. The molecule has 2 aromatic rings. The number of nitrogens with one attached hydrogen (secondary N) is 1. The van der Waals surface area contributed by atoms with Gasteiger partial charge in [0.2, 0.25) is 0 Å². The van der Waals surface area contributed by atoms with E-state index in [4.69, 9.17) is 5.73 Å². The molecule has 0 atom stereocenters. The molecule has 5 heteroatoms. The van der Waals surface area contributed by atoms with E-state index in [2.05, 4.69) is 17.2 Å². The molecule has 20 heavy (non-hydrogen) atoms. The second kappa shape index (κ2) is 6.33. The largest absolute Gasteiger partial charge is 0.320 e. The lowest BCUT2D eigenvalue weighted by atomic mass is 10.1. The molecule has 2 rings (SSSR count). The number of aryl methyl sites for hydroxylation is 1. The van der Waals surface area contributed by atoms with Gasteiger partial charge in [0.05, 0.1) is 22.7 Å². The number of anilines is 1. The van der Waals surface area contributed by atoms with Gasteiger partial charge in [-0.15, -0.1) is 11.3 Å². The van der Waals surface area contributed by atoms with E-state index in [0.717, 1.165) is 4.88 Å². The molecular weight excluding hydrogens is 275 g/mol. The highest BCUT2D eigenvalue weighted by atomic mass is 32.1. The van der Waals surface area contributed by atoms with Crippen LogP contribution in [0.1, 0.15) is 20.1 Å². The number of thiophene rings is 1. The number of hydrogen-bond donors (Lipinski definition) is 2. The molecule has 1 amide bonds. The average Bonchev–Trinajstić information content (AvgIpc) is 2.85. The Balaban J connectivity index is 2.26. The summed E-state index contributed by atoms with van der Waals surface area (Å²) in [5, 5.41) is 2.74. The lowest BCUT2D eigenvalue weighted by molar-refractivity contribution is 0.103. The van der Waals surface area contributed by atoms with Gasteiger partial charge >= 0.3 is 0 Å². The Morgan fingerprint density at radius 2 is 2.20 bits per heavy atom. The van der Waals surface area contributed by atoms with Crippen molar-refractivity contribution in [2.24, 2.45) is 5.73 Å². The second-order valence-electron chi connectivity index (χ2n) is 4.06. The Morgan fingerprint density at radius 3 is 2.85 bits per heavy atom. The second-order valence-corrected chi connectivity index (χ2v) is 5.35. The molecule has 0 aliphatic heterocycles. The van der Waals surface area contributed by atoms with Crippen LogP contribution in [0.15, 0.2) is 30.3 Å². The van der Waals surface area contributed by atoms with Gasteiger partial charge in [0.25, 0.3) is 5.91 Å². The molecule has 0 aliphatic rings. The van der Waals surface area contributed by atoms with Crippen LogP contribution in [0, 0.1) is 24.6 Å². The third-order valence-electron chi connectivity index (χ3n) is 2.52. The van der Waals surface area contributed by atoms with Crippen molar-refractivity contribution >= 4 is 22.9 Å². The fourth-order valence-corrected chi connectivity index (χ4v) is 2.38. The summed E-state index contributed by atoms with van der Waals surface area (Å²) in [6.07, 6.45) is 0. The Morgan fingerprint density at radius 1 is 1.40 bits per heavy atom. The summed E-state index contributed by atoms with van der Waals surface area (Å²) >= 11 is 1.40. The van der Waals surface area contributed by atoms with E-state index in [-0.39, 0.29) is 12.5 Å². The smallest absolute Gasteiger partial charge is 0.265 e. The van der Waals surface area contributed by atoms with E-state index in [1.807, 2.05) is 13.0 Å². The molecule has 0 fully saturated rings. The topological polar surface area (TPSA) is 55.1 Å². The summed E-state index contributed by atoms with van der Waals surface area (Å²) in [5.41, 5.74) is 6.20. The molecule has 102 valence electrons. The van der Waals surface area contributed by atoms with Gasteiger partial charge in [-0.05, 0) is 37.3 Å². The van der Waals surface area contributed by atoms with Crippen molar-refractivity contribution < 1.29 is 9.18 Å². The van der Waals surface area contributed by atoms with Gasteiger partial charge in [0.1, 0.15) is 5.82 Å². The SMILES string of the molecule is Cc1ccc(C(=O)Nc2ccc(F)cc2C#CCN)s1. The maximum Gasteiger partial charge on any atom is 0.265 e. The van der Waals surface area contributed by atoms with Crippen LogP contribution in [0.25, 0.3) is 0 Å². The van der Waals surface area contributed by atoms with Gasteiger partial charge in [0.15, 0.2) is 0 Å². The summed E-state index contributed by atoms with van der Waals surface area (Å²) in [7, 11) is 0. The molecule has 3 N–H and O–H groups in total. The van der Waals surface area contributed by atoms with E-state index in [1.54, 1.807) is 6.07 Å². The number of hydrogen-bond acceptors (Lipinski definition) is 3. The third-order valence-corrected chi connectivity index (χ3v) is 3.52. The predicted octanol–water partition coefficient (Wildman–Crippen LogP) is 2.76. The standard InChI is InChI=1S/C15H13FN2OS/c1-10-4-7-14(20-10)15(19)18-13-6-5-12(16)9-11(13)3-2-8-17/h4-7,9H,8,17H2,1H3,(H,18,19). The Bertz CT molecular complexity index is 697. The maximum atomic E-state index is 13.2. The van der Waals surface area contributed by atoms with Crippen LogP contribution in [0.2, 0.25) is 0 Å². The van der Waals surface area contributed by atoms with E-state index in [0.29, 0.717) is 16.1 Å². The number of rotatable bonds is 2. The maximum absolute atomic E-state index is 13.2. The number of carbonyl (C=O) groups is 1. The monoisotopic (exact) mass is 288 g/mol. The number of nitrogens with two attached hydrogens (primary N) is 1. The first kappa shape index (κ1) is 14.3. The zero-order valence-corrected chi connectivity index (χ0v) is 11.7. The summed E-state index contributed by atoms with van der Waals surface area (Å²) in [6.45, 7) is 2.10. The minimum absolute atomic E-state index is 0.175. The fraction of sp³-hybridized carbons (Fsp3) is 0.133. The van der Waals surface area contributed by atoms with Gasteiger partial charge in [0, 0.05) is 4.88 Å². The third kappa shape index (κ3) is 3.44. The first-order valence-electron chi connectivity index (χ1n) is 5.96. The molecule has 3 nitrogen and oxygen atoms in total. The zero-order chi connectivity index (χ0) is 14.5. The summed E-state index contributed by atoms with van der Waals surface area (Å²) in [4.78, 5) is 13.7. The Kier molecular flexibility index (Phi) is 4.51. The van der Waals surface area contributed by atoms with Crippen LogP contribution >= 0.6 is 11.3 Å². The van der Waals surface area contributed by atoms with Crippen LogP contribution in [-0.2, 0) is 0 Å². The van der Waals surface area contributed by atoms with Crippen molar-refractivity contribution in [3.8, 4) is 11.8 Å². The van der Waals surface area contributed by atoms with Gasteiger partial charge in [-0.2, -0.15) is 0 Å². The molecule has 0 unspecified atom stereocenters. The highest BCUT2D eigenvalue weighted by Crippen LogP contribution is 2.20. The molecule has 0 aliphatic carbocycles. The average molecular weight is 288 g/mol. The quantitative estimate of drug-likeness (QED) is 0.835. The van der Waals surface area contributed by atoms with Crippen LogP contribution in [0.5, 0.6) is 0 Å². The Labute approximate surface area is 120 Å². The van der Waals surface area contributed by atoms with Gasteiger partial charge in [-0.1, -0.05) is 11.8 Å². The lowest BCUT2D eigenvalue weighted by Gasteiger charge is -2.06. The Hall–Kier alpha value is -2.16. The first-order chi connectivity index (χ1) is 9.60. The van der Waals surface area contributed by atoms with Gasteiger partial charge in [-0.3, -0.25) is 4.79 Å². The molecule has 1 aromatic heterocycles. The van der Waals surface area contributed by atoms with Crippen LogP contribution in [0.3, 0.4) is 0 Å². The van der Waals surface area contributed by atoms with Crippen molar-refractivity contribution in [1.29, 1.82) is 0 Å². The van der Waals surface area contributed by atoms with Crippen LogP contribution in [0.4, 0.5) is 10.1 Å². The van der Waals surface area contributed by atoms with Crippen molar-refractivity contribution in [2.75, 3.05) is 11.9 Å². The molecule has 0 bridgehead atoms. The molecule has 0 saturated carbocycles. The molecule has 1 heterocycles. The van der Waals surface area contributed by atoms with Gasteiger partial charge in [-0.25, -0.2) is 4.39 Å². The number of amides is 1. The number of halogens is 1. The molecule has 1 aromatic carbocycles. The lowest BCUT2D eigenvalue weighted by Crippen LogP contribution is -2.11. The van der Waals surface area contributed by atoms with Crippen molar-refractivity contribution in [3.63, 3.8) is 0 Å². The van der Waals surface area contributed by atoms with Crippen LogP contribution < -0.4 is 11.1 Å². The van der Waals surface area contributed by atoms with Crippen molar-refractivity contribution in [3.05, 3.63) is 51.5 Å². The van der Waals surface area contributed by atoms with Gasteiger partial charge < -0.3 is 11.1 Å². The first-order valence-corrected chi connectivity index (χ1v) is 6.78. The van der Waals surface area contributed by atoms with Crippen molar-refractivity contribution in [1.82, 2.24) is 0 Å². The van der Waals surface area contributed by atoms with Crippen molar-refractivity contribution in [2.45, 2.75) is 6.92 Å². The summed E-state index contributed by atoms with van der Waals surface area (Å²) in [5.74, 6) is 4.76. The zero-order valence-electron chi connectivity index (χ0n) is 10.9.